The van der Waals surface area contributed by atoms with Crippen molar-refractivity contribution in [1.82, 2.24) is 15.0 Å². The van der Waals surface area contributed by atoms with Gasteiger partial charge >= 0.3 is 0 Å². The van der Waals surface area contributed by atoms with E-state index in [1.54, 1.807) is 12.4 Å². The fourth-order valence-corrected chi connectivity index (χ4v) is 1.96. The van der Waals surface area contributed by atoms with Gasteiger partial charge in [-0.05, 0) is 42.3 Å². The molecule has 0 amide bonds. The average Bonchev–Trinajstić information content (AvgIpc) is 2.89. The first-order chi connectivity index (χ1) is 9.36. The molecule has 19 heavy (non-hydrogen) atoms. The van der Waals surface area contributed by atoms with E-state index < -0.39 is 0 Å². The maximum Gasteiger partial charge on any atom is 0.156 e. The Hall–Kier alpha value is -2.36. The van der Waals surface area contributed by atoms with Gasteiger partial charge in [0, 0.05) is 18.1 Å². The van der Waals surface area contributed by atoms with Gasteiger partial charge in [0.1, 0.15) is 11.3 Å². The maximum atomic E-state index is 5.57. The second-order valence-corrected chi connectivity index (χ2v) is 4.35. The van der Waals surface area contributed by atoms with E-state index in [9.17, 15) is 0 Å². The van der Waals surface area contributed by atoms with Crippen LogP contribution in [0.15, 0.2) is 42.7 Å². The van der Waals surface area contributed by atoms with Gasteiger partial charge in [-0.3, -0.25) is 4.98 Å². The standard InChI is InChI=1S/C15H15N3O/c1-2-9-19-12-5-3-11(4-6-12)13-10-14-15(18-13)17-8-7-16-14/h3-8,10H,2,9H2,1H3,(H,17,18). The van der Waals surface area contributed by atoms with Crippen LogP contribution in [-0.2, 0) is 0 Å². The molecule has 0 spiro atoms. The second-order valence-electron chi connectivity index (χ2n) is 4.35. The molecule has 0 aliphatic rings. The topological polar surface area (TPSA) is 50.8 Å². The van der Waals surface area contributed by atoms with Crippen molar-refractivity contribution >= 4 is 11.2 Å². The lowest BCUT2D eigenvalue weighted by Crippen LogP contribution is -1.94. The molecule has 4 nitrogen and oxygen atoms in total. The summed E-state index contributed by atoms with van der Waals surface area (Å²) in [6.07, 6.45) is 4.40. The van der Waals surface area contributed by atoms with Crippen LogP contribution in [0.5, 0.6) is 5.75 Å². The Bertz CT molecular complexity index is 640. The molecule has 0 saturated carbocycles. The summed E-state index contributed by atoms with van der Waals surface area (Å²) in [5.74, 6) is 0.901. The van der Waals surface area contributed by atoms with Crippen LogP contribution in [0, 0.1) is 0 Å². The minimum atomic E-state index is 0.750. The lowest BCUT2D eigenvalue weighted by atomic mass is 10.1. The van der Waals surface area contributed by atoms with Crippen LogP contribution in [0.2, 0.25) is 0 Å². The summed E-state index contributed by atoms with van der Waals surface area (Å²) in [6, 6.07) is 10.0. The molecule has 0 aliphatic carbocycles. The summed E-state index contributed by atoms with van der Waals surface area (Å²) in [5, 5.41) is 0. The van der Waals surface area contributed by atoms with Crippen LogP contribution in [-0.4, -0.2) is 21.6 Å². The van der Waals surface area contributed by atoms with E-state index in [1.807, 2.05) is 30.3 Å². The number of aromatic amines is 1. The fourth-order valence-electron chi connectivity index (χ4n) is 1.96. The molecule has 96 valence electrons. The molecule has 3 aromatic rings. The zero-order chi connectivity index (χ0) is 13.1. The molecule has 1 aromatic carbocycles. The van der Waals surface area contributed by atoms with Crippen LogP contribution >= 0.6 is 0 Å². The minimum absolute atomic E-state index is 0.750. The summed E-state index contributed by atoms with van der Waals surface area (Å²) >= 11 is 0. The first kappa shape index (κ1) is 11.7. The third kappa shape index (κ3) is 2.42. The normalized spacial score (nSPS) is 10.8. The number of H-pyrrole nitrogens is 1. The molecule has 2 heterocycles. The minimum Gasteiger partial charge on any atom is -0.494 e. The van der Waals surface area contributed by atoms with Gasteiger partial charge in [0.15, 0.2) is 5.65 Å². The molecule has 0 unspecified atom stereocenters. The predicted octanol–water partition coefficient (Wildman–Crippen LogP) is 3.41. The lowest BCUT2D eigenvalue weighted by molar-refractivity contribution is 0.317. The van der Waals surface area contributed by atoms with E-state index in [0.717, 1.165) is 41.2 Å². The van der Waals surface area contributed by atoms with Crippen molar-refractivity contribution in [2.45, 2.75) is 13.3 Å². The summed E-state index contributed by atoms with van der Waals surface area (Å²) in [7, 11) is 0. The number of rotatable bonds is 4. The van der Waals surface area contributed by atoms with Crippen molar-refractivity contribution in [3.63, 3.8) is 0 Å². The van der Waals surface area contributed by atoms with Crippen LogP contribution in [0.3, 0.4) is 0 Å². The second kappa shape index (κ2) is 5.10. The van der Waals surface area contributed by atoms with Gasteiger partial charge < -0.3 is 9.72 Å². The van der Waals surface area contributed by atoms with Crippen molar-refractivity contribution in [2.24, 2.45) is 0 Å². The first-order valence-electron chi connectivity index (χ1n) is 6.40. The van der Waals surface area contributed by atoms with Gasteiger partial charge in [-0.15, -0.1) is 0 Å². The zero-order valence-corrected chi connectivity index (χ0v) is 10.8. The summed E-state index contributed by atoms with van der Waals surface area (Å²) < 4.78 is 5.57. The Morgan fingerprint density at radius 3 is 2.63 bits per heavy atom. The average molecular weight is 253 g/mol. The largest absolute Gasteiger partial charge is 0.494 e. The molecular formula is C15H15N3O. The van der Waals surface area contributed by atoms with Crippen molar-refractivity contribution in [3.8, 4) is 17.0 Å². The van der Waals surface area contributed by atoms with Crippen LogP contribution < -0.4 is 4.74 Å². The van der Waals surface area contributed by atoms with Crippen molar-refractivity contribution in [1.29, 1.82) is 0 Å². The van der Waals surface area contributed by atoms with Crippen LogP contribution in [0.25, 0.3) is 22.4 Å². The lowest BCUT2D eigenvalue weighted by Gasteiger charge is -2.04. The van der Waals surface area contributed by atoms with Crippen molar-refractivity contribution in [3.05, 3.63) is 42.7 Å². The molecule has 0 atom stereocenters. The smallest absolute Gasteiger partial charge is 0.156 e. The van der Waals surface area contributed by atoms with E-state index >= 15 is 0 Å². The number of nitrogens with zero attached hydrogens (tertiary/aromatic N) is 2. The highest BCUT2D eigenvalue weighted by molar-refractivity contribution is 5.79. The highest BCUT2D eigenvalue weighted by Crippen LogP contribution is 2.24. The first-order valence-corrected chi connectivity index (χ1v) is 6.40. The Kier molecular flexibility index (Phi) is 3.14. The van der Waals surface area contributed by atoms with E-state index in [2.05, 4.69) is 21.9 Å². The zero-order valence-electron chi connectivity index (χ0n) is 10.8. The van der Waals surface area contributed by atoms with Crippen LogP contribution in [0.1, 0.15) is 13.3 Å². The Labute approximate surface area is 111 Å². The Morgan fingerprint density at radius 1 is 1.11 bits per heavy atom. The SMILES string of the molecule is CCCOc1ccc(-c2cc3nccnc3[nH]2)cc1. The summed E-state index contributed by atoms with van der Waals surface area (Å²) in [4.78, 5) is 11.8. The molecule has 2 aromatic heterocycles. The highest BCUT2D eigenvalue weighted by atomic mass is 16.5. The third-order valence-electron chi connectivity index (χ3n) is 2.90. The van der Waals surface area contributed by atoms with Gasteiger partial charge in [-0.1, -0.05) is 6.92 Å². The van der Waals surface area contributed by atoms with E-state index in [4.69, 9.17) is 4.74 Å². The number of hydrogen-bond acceptors (Lipinski definition) is 3. The van der Waals surface area contributed by atoms with Crippen molar-refractivity contribution in [2.75, 3.05) is 6.61 Å². The number of ether oxygens (including phenoxy) is 1. The number of nitrogens with one attached hydrogen (secondary N) is 1. The summed E-state index contributed by atoms with van der Waals surface area (Å²) in [6.45, 7) is 2.85. The van der Waals surface area contributed by atoms with E-state index in [-0.39, 0.29) is 0 Å². The van der Waals surface area contributed by atoms with Gasteiger partial charge in [0.2, 0.25) is 0 Å². The molecular weight excluding hydrogens is 238 g/mol. The predicted molar refractivity (Wildman–Crippen MR) is 75.1 cm³/mol. The van der Waals surface area contributed by atoms with Gasteiger partial charge in [-0.2, -0.15) is 0 Å². The molecule has 0 saturated heterocycles. The molecule has 0 radical (unpaired) electrons. The number of benzene rings is 1. The maximum absolute atomic E-state index is 5.57. The number of aromatic nitrogens is 3. The van der Waals surface area contributed by atoms with Crippen molar-refractivity contribution < 1.29 is 4.74 Å². The number of hydrogen-bond donors (Lipinski definition) is 1. The van der Waals surface area contributed by atoms with E-state index in [0.29, 0.717) is 0 Å². The molecule has 0 aliphatic heterocycles. The van der Waals surface area contributed by atoms with Gasteiger partial charge in [0.05, 0.1) is 6.61 Å². The summed E-state index contributed by atoms with van der Waals surface area (Å²) in [5.41, 5.74) is 3.81. The fraction of sp³-hybridized carbons (Fsp3) is 0.200. The van der Waals surface area contributed by atoms with Gasteiger partial charge in [0.25, 0.3) is 0 Å². The highest BCUT2D eigenvalue weighted by Gasteiger charge is 2.04. The molecule has 0 fully saturated rings. The monoisotopic (exact) mass is 253 g/mol. The van der Waals surface area contributed by atoms with Gasteiger partial charge in [-0.25, -0.2) is 4.98 Å². The molecule has 1 N–H and O–H groups in total. The molecule has 3 rings (SSSR count). The number of fused-ring (bicyclic) bond motifs is 1. The Morgan fingerprint density at radius 2 is 1.89 bits per heavy atom. The quantitative estimate of drug-likeness (QED) is 0.775. The van der Waals surface area contributed by atoms with Crippen LogP contribution in [0.4, 0.5) is 0 Å². The molecule has 4 heteroatoms. The Balaban J connectivity index is 1.88. The third-order valence-corrected chi connectivity index (χ3v) is 2.90. The molecule has 0 bridgehead atoms. The van der Waals surface area contributed by atoms with E-state index in [1.165, 1.54) is 0 Å².